The number of likely N-dealkylation sites (tertiary alicyclic amines) is 1. The van der Waals surface area contributed by atoms with E-state index in [-0.39, 0.29) is 34.7 Å². The Bertz CT molecular complexity index is 1720. The molecule has 256 valence electrons. The number of rotatable bonds is 8. The van der Waals surface area contributed by atoms with E-state index in [2.05, 4.69) is 20.0 Å². The first-order valence-electron chi connectivity index (χ1n) is 15.4. The van der Waals surface area contributed by atoms with Crippen molar-refractivity contribution in [2.45, 2.75) is 91.3 Å². The number of nitrogens with one attached hydrogen (secondary N) is 2. The standard InChI is InChI=1S/C32H43FN6O6S2/c1-9-19-47(42,43)38-21-12-10-11-20(23(21)33)24-25(22-13-16-34-27(35-22)37-28(40)44-30(2,3)4)46-26(36-24)32(8)14-17-39(18-15-32)29(41)45-31(5,6)7/h10-13,16,38H,9,14-15,17-19H2,1-8H3,(H,34,35,37,40). The number of thiazole rings is 1. The molecule has 0 bridgehead atoms. The highest BCUT2D eigenvalue weighted by Gasteiger charge is 2.38. The molecular weight excluding hydrogens is 648 g/mol. The van der Waals surface area contributed by atoms with E-state index in [0.29, 0.717) is 47.9 Å². The molecule has 0 aliphatic carbocycles. The van der Waals surface area contributed by atoms with E-state index >= 15 is 4.39 Å². The van der Waals surface area contributed by atoms with Crippen molar-refractivity contribution >= 4 is 45.2 Å². The number of piperidine rings is 1. The first-order valence-corrected chi connectivity index (χ1v) is 17.9. The van der Waals surface area contributed by atoms with Gasteiger partial charge in [-0.3, -0.25) is 10.0 Å². The molecule has 47 heavy (non-hydrogen) atoms. The van der Waals surface area contributed by atoms with Crippen LogP contribution in [0.4, 0.5) is 25.6 Å². The number of carbonyl (C=O) groups excluding carboxylic acids is 2. The predicted molar refractivity (Wildman–Crippen MR) is 180 cm³/mol. The molecule has 0 unspecified atom stereocenters. The van der Waals surface area contributed by atoms with Gasteiger partial charge in [-0.25, -0.2) is 37.3 Å². The van der Waals surface area contributed by atoms with Crippen molar-refractivity contribution in [1.29, 1.82) is 0 Å². The zero-order chi connectivity index (χ0) is 34.8. The maximum Gasteiger partial charge on any atom is 0.414 e. The predicted octanol–water partition coefficient (Wildman–Crippen LogP) is 7.19. The topological polar surface area (TPSA) is 153 Å². The second kappa shape index (κ2) is 13.7. The average molecular weight is 691 g/mol. The van der Waals surface area contributed by atoms with Gasteiger partial charge in [0.25, 0.3) is 0 Å². The van der Waals surface area contributed by atoms with Gasteiger partial charge in [0.1, 0.15) is 11.2 Å². The van der Waals surface area contributed by atoms with Crippen LogP contribution in [0, 0.1) is 5.82 Å². The zero-order valence-corrected chi connectivity index (χ0v) is 29.7. The number of nitrogens with zero attached hydrogens (tertiary/aromatic N) is 4. The molecule has 0 spiro atoms. The minimum Gasteiger partial charge on any atom is -0.444 e. The number of aromatic nitrogens is 3. The minimum atomic E-state index is -3.77. The first-order chi connectivity index (χ1) is 21.8. The summed E-state index contributed by atoms with van der Waals surface area (Å²) < 4.78 is 54.4. The summed E-state index contributed by atoms with van der Waals surface area (Å²) in [5.41, 5.74) is -1.31. The fourth-order valence-electron chi connectivity index (χ4n) is 4.88. The number of amides is 2. The van der Waals surface area contributed by atoms with Crippen molar-refractivity contribution < 1.29 is 31.9 Å². The fourth-order valence-corrected chi connectivity index (χ4v) is 7.26. The quantitative estimate of drug-likeness (QED) is 0.250. The van der Waals surface area contributed by atoms with Gasteiger partial charge in [-0.1, -0.05) is 19.9 Å². The van der Waals surface area contributed by atoms with Crippen LogP contribution >= 0.6 is 11.3 Å². The Morgan fingerprint density at radius 2 is 1.70 bits per heavy atom. The average Bonchev–Trinajstić information content (AvgIpc) is 3.39. The number of anilines is 2. The van der Waals surface area contributed by atoms with E-state index in [1.54, 1.807) is 44.7 Å². The lowest BCUT2D eigenvalue weighted by atomic mass is 9.81. The Morgan fingerprint density at radius 1 is 1.04 bits per heavy atom. The normalized spacial score (nSPS) is 15.2. The Kier molecular flexibility index (Phi) is 10.5. The Balaban J connectivity index is 1.75. The molecule has 0 atom stereocenters. The second-order valence-corrected chi connectivity index (χ2v) is 16.5. The van der Waals surface area contributed by atoms with Crippen LogP contribution in [0.5, 0.6) is 0 Å². The number of carbonyl (C=O) groups is 2. The summed E-state index contributed by atoms with van der Waals surface area (Å²) in [6.07, 6.45) is 1.87. The minimum absolute atomic E-state index is 0.0175. The summed E-state index contributed by atoms with van der Waals surface area (Å²) >= 11 is 1.32. The molecule has 2 amide bonds. The van der Waals surface area contributed by atoms with Gasteiger partial charge in [-0.2, -0.15) is 0 Å². The molecule has 3 heterocycles. The molecule has 0 saturated carbocycles. The Labute approximate surface area is 279 Å². The van der Waals surface area contributed by atoms with Gasteiger partial charge in [0, 0.05) is 30.3 Å². The van der Waals surface area contributed by atoms with E-state index in [4.69, 9.17) is 14.5 Å². The van der Waals surface area contributed by atoms with E-state index < -0.39 is 38.6 Å². The highest BCUT2D eigenvalue weighted by atomic mass is 32.2. The maximum absolute atomic E-state index is 16.1. The van der Waals surface area contributed by atoms with Crippen molar-refractivity contribution in [3.8, 4) is 21.8 Å². The number of hydrogen-bond acceptors (Lipinski definition) is 10. The van der Waals surface area contributed by atoms with Crippen LogP contribution in [-0.2, 0) is 24.9 Å². The van der Waals surface area contributed by atoms with Gasteiger partial charge in [0.05, 0.1) is 32.7 Å². The summed E-state index contributed by atoms with van der Waals surface area (Å²) in [4.78, 5) is 41.0. The van der Waals surface area contributed by atoms with Gasteiger partial charge in [-0.05, 0) is 79.0 Å². The molecule has 1 fully saturated rings. The van der Waals surface area contributed by atoms with E-state index in [1.807, 2.05) is 27.7 Å². The van der Waals surface area contributed by atoms with Gasteiger partial charge in [0.15, 0.2) is 5.82 Å². The summed E-state index contributed by atoms with van der Waals surface area (Å²) in [5.74, 6) is -0.956. The molecule has 4 rings (SSSR count). The summed E-state index contributed by atoms with van der Waals surface area (Å²) in [7, 11) is -3.77. The molecule has 1 aliphatic heterocycles. The van der Waals surface area contributed by atoms with Crippen LogP contribution in [0.25, 0.3) is 21.8 Å². The monoisotopic (exact) mass is 690 g/mol. The van der Waals surface area contributed by atoms with E-state index in [0.717, 1.165) is 0 Å². The number of sulfonamides is 1. The molecule has 1 saturated heterocycles. The summed E-state index contributed by atoms with van der Waals surface area (Å²) in [6.45, 7) is 15.3. The highest BCUT2D eigenvalue weighted by Crippen LogP contribution is 2.45. The second-order valence-electron chi connectivity index (χ2n) is 13.7. The number of halogens is 1. The van der Waals surface area contributed by atoms with E-state index in [9.17, 15) is 18.0 Å². The first kappa shape index (κ1) is 36.0. The van der Waals surface area contributed by atoms with Gasteiger partial charge in [0.2, 0.25) is 16.0 Å². The molecule has 15 heteroatoms. The SMILES string of the molecule is CCCS(=O)(=O)Nc1cccc(-c2nc(C3(C)CCN(C(=O)OC(C)(C)C)CC3)sc2-c2ccnc(NC(=O)OC(C)(C)C)n2)c1F. The molecule has 2 N–H and O–H groups in total. The Morgan fingerprint density at radius 3 is 2.32 bits per heavy atom. The third kappa shape index (κ3) is 9.37. The third-order valence-corrected chi connectivity index (χ3v) is 10.0. The van der Waals surface area contributed by atoms with Gasteiger partial charge in [-0.15, -0.1) is 11.3 Å². The third-order valence-electron chi connectivity index (χ3n) is 7.16. The van der Waals surface area contributed by atoms with Crippen molar-refractivity contribution in [2.24, 2.45) is 0 Å². The van der Waals surface area contributed by atoms with Gasteiger partial charge >= 0.3 is 12.2 Å². The molecular formula is C32H43FN6O6S2. The molecule has 2 aromatic heterocycles. The summed E-state index contributed by atoms with van der Waals surface area (Å²) in [5, 5.41) is 3.23. The fraction of sp³-hybridized carbons (Fsp3) is 0.531. The van der Waals surface area contributed by atoms with E-state index in [1.165, 1.54) is 29.7 Å². The van der Waals surface area contributed by atoms with Crippen LogP contribution < -0.4 is 10.0 Å². The largest absolute Gasteiger partial charge is 0.444 e. The smallest absolute Gasteiger partial charge is 0.414 e. The Hall–Kier alpha value is -3.85. The molecule has 3 aromatic rings. The maximum atomic E-state index is 16.1. The lowest BCUT2D eigenvalue weighted by Crippen LogP contribution is -2.45. The van der Waals surface area contributed by atoms with Crippen LogP contribution in [0.3, 0.4) is 0 Å². The van der Waals surface area contributed by atoms with Crippen LogP contribution in [0.15, 0.2) is 30.5 Å². The lowest BCUT2D eigenvalue weighted by molar-refractivity contribution is 0.0171. The van der Waals surface area contributed by atoms with Crippen molar-refractivity contribution in [3.05, 3.63) is 41.3 Å². The highest BCUT2D eigenvalue weighted by molar-refractivity contribution is 7.92. The van der Waals surface area contributed by atoms with Crippen LogP contribution in [-0.4, -0.2) is 70.5 Å². The van der Waals surface area contributed by atoms with Crippen molar-refractivity contribution in [3.63, 3.8) is 0 Å². The molecule has 0 radical (unpaired) electrons. The zero-order valence-electron chi connectivity index (χ0n) is 28.1. The van der Waals surface area contributed by atoms with Crippen molar-refractivity contribution in [1.82, 2.24) is 19.9 Å². The van der Waals surface area contributed by atoms with Gasteiger partial charge < -0.3 is 14.4 Å². The van der Waals surface area contributed by atoms with Crippen LogP contribution in [0.1, 0.15) is 79.7 Å². The van der Waals surface area contributed by atoms with Crippen LogP contribution in [0.2, 0.25) is 0 Å². The number of benzene rings is 1. The lowest BCUT2D eigenvalue weighted by Gasteiger charge is -2.38. The summed E-state index contributed by atoms with van der Waals surface area (Å²) in [6, 6.07) is 6.08. The van der Waals surface area contributed by atoms with Crippen molar-refractivity contribution in [2.75, 3.05) is 28.9 Å². The molecule has 12 nitrogen and oxygen atoms in total. The molecule has 1 aliphatic rings. The molecule has 1 aromatic carbocycles. The number of ether oxygens (including phenoxy) is 2. The number of hydrogen-bond donors (Lipinski definition) is 2.